The standard InChI is InChI=1S/C9H11F2NO3.ClH/c10-7(11)3-5(12)4-1-2-6(13)9(15)8(4)14;/h1-2,5,7,13-15H,3,12H2;1H/t5-;/m1./s1. The minimum absolute atomic E-state index is 0. The minimum Gasteiger partial charge on any atom is -0.504 e. The van der Waals surface area contributed by atoms with Crippen LogP contribution in [0.4, 0.5) is 8.78 Å². The fourth-order valence-electron chi connectivity index (χ4n) is 1.20. The summed E-state index contributed by atoms with van der Waals surface area (Å²) in [5.41, 5.74) is 5.36. The molecule has 0 aliphatic rings. The SMILES string of the molecule is Cl.N[C@H](CC(F)F)c1ccc(O)c(O)c1O. The highest BCUT2D eigenvalue weighted by Crippen LogP contribution is 2.40. The van der Waals surface area contributed by atoms with Crippen molar-refractivity contribution in [3.63, 3.8) is 0 Å². The fraction of sp³-hybridized carbons (Fsp3) is 0.333. The van der Waals surface area contributed by atoms with Gasteiger partial charge < -0.3 is 21.1 Å². The highest BCUT2D eigenvalue weighted by molar-refractivity contribution is 5.85. The second-order valence-electron chi connectivity index (χ2n) is 3.10. The fourth-order valence-corrected chi connectivity index (χ4v) is 1.20. The molecule has 0 aromatic heterocycles. The smallest absolute Gasteiger partial charge is 0.240 e. The number of nitrogens with two attached hydrogens (primary N) is 1. The third kappa shape index (κ3) is 3.11. The number of phenols is 3. The Balaban J connectivity index is 0.00000225. The molecule has 0 amide bonds. The maximum atomic E-state index is 12.0. The van der Waals surface area contributed by atoms with Crippen LogP contribution in [0.15, 0.2) is 12.1 Å². The number of rotatable bonds is 3. The van der Waals surface area contributed by atoms with Crippen LogP contribution in [0, 0.1) is 0 Å². The molecular formula is C9H12ClF2NO3. The Hall–Kier alpha value is -1.27. The Labute approximate surface area is 96.7 Å². The molecule has 0 saturated carbocycles. The zero-order valence-corrected chi connectivity index (χ0v) is 8.92. The van der Waals surface area contributed by atoms with Gasteiger partial charge in [0.2, 0.25) is 12.2 Å². The van der Waals surface area contributed by atoms with Crippen molar-refractivity contribution in [1.29, 1.82) is 0 Å². The molecule has 1 rings (SSSR count). The second kappa shape index (κ2) is 5.72. The van der Waals surface area contributed by atoms with E-state index in [2.05, 4.69) is 0 Å². The summed E-state index contributed by atoms with van der Waals surface area (Å²) in [5.74, 6) is -1.94. The van der Waals surface area contributed by atoms with Crippen LogP contribution in [-0.2, 0) is 0 Å². The number of aromatic hydroxyl groups is 3. The van der Waals surface area contributed by atoms with Gasteiger partial charge in [0.05, 0.1) is 0 Å². The first kappa shape index (κ1) is 14.7. The third-order valence-corrected chi connectivity index (χ3v) is 1.99. The van der Waals surface area contributed by atoms with Gasteiger partial charge in [0.15, 0.2) is 11.5 Å². The number of phenolic OH excluding ortho intramolecular Hbond substituents is 3. The van der Waals surface area contributed by atoms with Gasteiger partial charge in [-0.05, 0) is 12.1 Å². The lowest BCUT2D eigenvalue weighted by Gasteiger charge is -2.14. The second-order valence-corrected chi connectivity index (χ2v) is 3.10. The first-order valence-electron chi connectivity index (χ1n) is 4.21. The summed E-state index contributed by atoms with van der Waals surface area (Å²) in [7, 11) is 0. The number of alkyl halides is 2. The maximum absolute atomic E-state index is 12.0. The summed E-state index contributed by atoms with van der Waals surface area (Å²) < 4.78 is 24.0. The molecule has 7 heteroatoms. The van der Waals surface area contributed by atoms with E-state index in [1.165, 1.54) is 6.07 Å². The molecule has 0 saturated heterocycles. The van der Waals surface area contributed by atoms with Crippen LogP contribution in [0.25, 0.3) is 0 Å². The lowest BCUT2D eigenvalue weighted by atomic mass is 10.0. The highest BCUT2D eigenvalue weighted by Gasteiger charge is 2.19. The van der Waals surface area contributed by atoms with Gasteiger partial charge in [0.25, 0.3) is 0 Å². The van der Waals surface area contributed by atoms with Crippen LogP contribution < -0.4 is 5.73 Å². The minimum atomic E-state index is -2.60. The molecule has 4 nitrogen and oxygen atoms in total. The van der Waals surface area contributed by atoms with Crippen molar-refractivity contribution >= 4 is 12.4 Å². The van der Waals surface area contributed by atoms with Crippen molar-refractivity contribution in [2.24, 2.45) is 5.73 Å². The van der Waals surface area contributed by atoms with Crippen molar-refractivity contribution in [2.45, 2.75) is 18.9 Å². The molecule has 0 spiro atoms. The van der Waals surface area contributed by atoms with Crippen LogP contribution in [0.3, 0.4) is 0 Å². The van der Waals surface area contributed by atoms with Crippen LogP contribution in [0.2, 0.25) is 0 Å². The largest absolute Gasteiger partial charge is 0.504 e. The summed E-state index contributed by atoms with van der Waals surface area (Å²) in [5, 5.41) is 27.4. The normalized spacial score (nSPS) is 12.2. The number of benzene rings is 1. The molecule has 0 heterocycles. The Morgan fingerprint density at radius 3 is 2.19 bits per heavy atom. The molecule has 16 heavy (non-hydrogen) atoms. The third-order valence-electron chi connectivity index (χ3n) is 1.99. The molecule has 5 N–H and O–H groups in total. The Kier molecular flexibility index (Phi) is 5.26. The average Bonchev–Trinajstić information content (AvgIpc) is 2.13. The summed E-state index contributed by atoms with van der Waals surface area (Å²) in [6.45, 7) is 0. The summed E-state index contributed by atoms with van der Waals surface area (Å²) in [6.07, 6.45) is -3.23. The predicted octanol–water partition coefficient (Wildman–Crippen LogP) is 1.88. The van der Waals surface area contributed by atoms with Gasteiger partial charge in [-0.1, -0.05) is 0 Å². The summed E-state index contributed by atoms with van der Waals surface area (Å²) in [4.78, 5) is 0. The molecule has 92 valence electrons. The van der Waals surface area contributed by atoms with Crippen molar-refractivity contribution in [3.05, 3.63) is 17.7 Å². The number of halogens is 3. The van der Waals surface area contributed by atoms with Crippen LogP contribution in [-0.4, -0.2) is 21.7 Å². The molecule has 0 bridgehead atoms. The average molecular weight is 256 g/mol. The Morgan fingerprint density at radius 1 is 1.12 bits per heavy atom. The molecule has 0 fully saturated rings. The van der Waals surface area contributed by atoms with Gasteiger partial charge in [-0.25, -0.2) is 8.78 Å². The zero-order valence-electron chi connectivity index (χ0n) is 8.10. The lowest BCUT2D eigenvalue weighted by Crippen LogP contribution is -2.14. The van der Waals surface area contributed by atoms with E-state index in [1.54, 1.807) is 0 Å². The van der Waals surface area contributed by atoms with E-state index in [4.69, 9.17) is 15.9 Å². The van der Waals surface area contributed by atoms with Crippen molar-refractivity contribution < 1.29 is 24.1 Å². The molecule has 0 radical (unpaired) electrons. The van der Waals surface area contributed by atoms with E-state index in [9.17, 15) is 13.9 Å². The van der Waals surface area contributed by atoms with Gasteiger partial charge in [-0.2, -0.15) is 0 Å². The monoisotopic (exact) mass is 255 g/mol. The molecule has 1 atom stereocenters. The van der Waals surface area contributed by atoms with Crippen LogP contribution in [0.5, 0.6) is 17.2 Å². The first-order valence-corrected chi connectivity index (χ1v) is 4.21. The number of hydrogen-bond donors (Lipinski definition) is 4. The maximum Gasteiger partial charge on any atom is 0.240 e. The molecule has 0 aliphatic heterocycles. The Morgan fingerprint density at radius 2 is 1.69 bits per heavy atom. The van der Waals surface area contributed by atoms with Gasteiger partial charge in [0, 0.05) is 18.0 Å². The highest BCUT2D eigenvalue weighted by atomic mass is 35.5. The molecule has 0 unspecified atom stereocenters. The van der Waals surface area contributed by atoms with Crippen LogP contribution in [0.1, 0.15) is 18.0 Å². The quantitative estimate of drug-likeness (QED) is 0.621. The first-order chi connectivity index (χ1) is 6.93. The molecule has 1 aromatic rings. The van der Waals surface area contributed by atoms with Crippen molar-refractivity contribution in [3.8, 4) is 17.2 Å². The van der Waals surface area contributed by atoms with Gasteiger partial charge in [0.1, 0.15) is 0 Å². The van der Waals surface area contributed by atoms with E-state index in [-0.39, 0.29) is 18.0 Å². The van der Waals surface area contributed by atoms with E-state index >= 15 is 0 Å². The van der Waals surface area contributed by atoms with Gasteiger partial charge in [-0.3, -0.25) is 0 Å². The van der Waals surface area contributed by atoms with Crippen LogP contribution >= 0.6 is 12.4 Å². The molecular weight excluding hydrogens is 244 g/mol. The Bertz CT molecular complexity index is 363. The molecule has 1 aromatic carbocycles. The van der Waals surface area contributed by atoms with E-state index in [0.717, 1.165) is 6.07 Å². The van der Waals surface area contributed by atoms with Gasteiger partial charge in [-0.15, -0.1) is 12.4 Å². The zero-order chi connectivity index (χ0) is 11.6. The van der Waals surface area contributed by atoms with Crippen molar-refractivity contribution in [2.75, 3.05) is 0 Å². The number of hydrogen-bond acceptors (Lipinski definition) is 4. The predicted molar refractivity (Wildman–Crippen MR) is 56.2 cm³/mol. The molecule has 0 aliphatic carbocycles. The topological polar surface area (TPSA) is 86.7 Å². The van der Waals surface area contributed by atoms with Crippen molar-refractivity contribution in [1.82, 2.24) is 0 Å². The van der Waals surface area contributed by atoms with E-state index < -0.39 is 36.1 Å². The van der Waals surface area contributed by atoms with E-state index in [0.29, 0.717) is 0 Å². The summed E-state index contributed by atoms with van der Waals surface area (Å²) in [6, 6.07) is 1.18. The van der Waals surface area contributed by atoms with Gasteiger partial charge >= 0.3 is 0 Å². The summed E-state index contributed by atoms with van der Waals surface area (Å²) >= 11 is 0. The lowest BCUT2D eigenvalue weighted by molar-refractivity contribution is 0.128. The van der Waals surface area contributed by atoms with E-state index in [1.807, 2.05) is 0 Å².